The van der Waals surface area contributed by atoms with Crippen LogP contribution in [-0.2, 0) is 13.5 Å². The van der Waals surface area contributed by atoms with Crippen LogP contribution in [0.15, 0.2) is 6.07 Å². The molecule has 0 amide bonds. The van der Waals surface area contributed by atoms with Crippen molar-refractivity contribution in [3.63, 3.8) is 0 Å². The standard InChI is InChI=1S/C13H19ClN2/c1-9-3-12(16(2)15-9)7-13(8-14)5-10-4-11(10)6-13/h3,10-11H,4-8H2,1-2H3. The molecule has 1 aromatic rings. The number of nitrogens with zero attached hydrogens (tertiary/aromatic N) is 2. The van der Waals surface area contributed by atoms with Crippen molar-refractivity contribution < 1.29 is 0 Å². The minimum absolute atomic E-state index is 0.370. The highest BCUT2D eigenvalue weighted by Gasteiger charge is 2.53. The topological polar surface area (TPSA) is 17.8 Å². The first kappa shape index (κ1) is 10.6. The SMILES string of the molecule is Cc1cc(CC2(CCl)CC3CC3C2)n(C)n1. The van der Waals surface area contributed by atoms with E-state index in [0.29, 0.717) is 5.41 Å². The maximum Gasteiger partial charge on any atom is 0.0596 e. The summed E-state index contributed by atoms with van der Waals surface area (Å²) in [6, 6.07) is 2.21. The van der Waals surface area contributed by atoms with Crippen LogP contribution in [0.2, 0.25) is 0 Å². The van der Waals surface area contributed by atoms with E-state index in [1.807, 2.05) is 11.7 Å². The molecule has 3 heteroatoms. The van der Waals surface area contributed by atoms with Crippen molar-refractivity contribution in [1.29, 1.82) is 0 Å². The predicted molar refractivity (Wildman–Crippen MR) is 65.6 cm³/mol. The van der Waals surface area contributed by atoms with Crippen LogP contribution in [0, 0.1) is 24.2 Å². The molecule has 0 bridgehead atoms. The van der Waals surface area contributed by atoms with Crippen LogP contribution in [0.25, 0.3) is 0 Å². The summed E-state index contributed by atoms with van der Waals surface area (Å²) in [6.45, 7) is 2.06. The fourth-order valence-electron chi connectivity index (χ4n) is 3.52. The number of halogens is 1. The third kappa shape index (κ3) is 1.67. The van der Waals surface area contributed by atoms with Gasteiger partial charge in [0.15, 0.2) is 0 Å². The summed E-state index contributed by atoms with van der Waals surface area (Å²) in [5.74, 6) is 2.80. The van der Waals surface area contributed by atoms with Crippen LogP contribution in [0.1, 0.15) is 30.7 Å². The highest BCUT2D eigenvalue weighted by molar-refractivity contribution is 6.18. The second-order valence-electron chi connectivity index (χ2n) is 5.88. The van der Waals surface area contributed by atoms with Crippen LogP contribution in [-0.4, -0.2) is 15.7 Å². The molecule has 1 heterocycles. The fraction of sp³-hybridized carbons (Fsp3) is 0.769. The average Bonchev–Trinajstić information content (AvgIpc) is 2.72. The molecule has 16 heavy (non-hydrogen) atoms. The van der Waals surface area contributed by atoms with Gasteiger partial charge in [-0.05, 0) is 55.9 Å². The lowest BCUT2D eigenvalue weighted by Gasteiger charge is -2.28. The van der Waals surface area contributed by atoms with Crippen molar-refractivity contribution >= 4 is 11.6 Å². The maximum absolute atomic E-state index is 6.23. The Morgan fingerprint density at radius 2 is 2.19 bits per heavy atom. The molecule has 2 fully saturated rings. The van der Waals surface area contributed by atoms with Gasteiger partial charge >= 0.3 is 0 Å². The van der Waals surface area contributed by atoms with E-state index in [1.165, 1.54) is 25.0 Å². The average molecular weight is 239 g/mol. The zero-order chi connectivity index (χ0) is 11.3. The molecule has 2 saturated carbocycles. The van der Waals surface area contributed by atoms with Crippen LogP contribution < -0.4 is 0 Å². The molecule has 2 atom stereocenters. The second kappa shape index (κ2) is 3.49. The molecule has 0 N–H and O–H groups in total. The molecule has 0 aromatic carbocycles. The van der Waals surface area contributed by atoms with Gasteiger partial charge in [0.25, 0.3) is 0 Å². The van der Waals surface area contributed by atoms with Crippen molar-refractivity contribution in [2.75, 3.05) is 5.88 Å². The zero-order valence-corrected chi connectivity index (χ0v) is 10.8. The summed E-state index contributed by atoms with van der Waals surface area (Å²) >= 11 is 6.23. The van der Waals surface area contributed by atoms with Gasteiger partial charge in [-0.15, -0.1) is 11.6 Å². The molecule has 3 rings (SSSR count). The van der Waals surface area contributed by atoms with Gasteiger partial charge in [-0.3, -0.25) is 4.68 Å². The summed E-state index contributed by atoms with van der Waals surface area (Å²) in [5, 5.41) is 4.42. The Balaban J connectivity index is 1.79. The molecule has 0 aliphatic heterocycles. The number of alkyl halides is 1. The van der Waals surface area contributed by atoms with Crippen LogP contribution in [0.5, 0.6) is 0 Å². The summed E-state index contributed by atoms with van der Waals surface area (Å²) in [6.07, 6.45) is 5.25. The lowest BCUT2D eigenvalue weighted by Crippen LogP contribution is -2.25. The number of aromatic nitrogens is 2. The van der Waals surface area contributed by atoms with Crippen LogP contribution in [0.3, 0.4) is 0 Å². The molecule has 2 unspecified atom stereocenters. The summed E-state index contributed by atoms with van der Waals surface area (Å²) < 4.78 is 2.02. The number of rotatable bonds is 3. The largest absolute Gasteiger partial charge is 0.272 e. The number of hydrogen-bond donors (Lipinski definition) is 0. The van der Waals surface area contributed by atoms with E-state index in [1.54, 1.807) is 0 Å². The summed E-state index contributed by atoms with van der Waals surface area (Å²) in [5.41, 5.74) is 2.83. The van der Waals surface area contributed by atoms with E-state index in [0.717, 1.165) is 29.8 Å². The van der Waals surface area contributed by atoms with Crippen molar-refractivity contribution in [3.8, 4) is 0 Å². The molecule has 2 aliphatic carbocycles. The molecule has 2 nitrogen and oxygen atoms in total. The highest BCUT2D eigenvalue weighted by Crippen LogP contribution is 2.61. The Bertz CT molecular complexity index is 400. The zero-order valence-electron chi connectivity index (χ0n) is 10.0. The van der Waals surface area contributed by atoms with Gasteiger partial charge in [-0.25, -0.2) is 0 Å². The molecule has 0 saturated heterocycles. The molecular formula is C13H19ClN2. The predicted octanol–water partition coefficient (Wildman–Crippen LogP) is 2.93. The first-order chi connectivity index (χ1) is 7.62. The first-order valence-electron chi connectivity index (χ1n) is 6.17. The molecule has 0 spiro atoms. The van der Waals surface area contributed by atoms with Gasteiger partial charge < -0.3 is 0 Å². The molecule has 88 valence electrons. The van der Waals surface area contributed by atoms with E-state index in [4.69, 9.17) is 11.6 Å². The summed E-state index contributed by atoms with van der Waals surface area (Å²) in [4.78, 5) is 0. The van der Waals surface area contributed by atoms with Crippen LogP contribution >= 0.6 is 11.6 Å². The molecular weight excluding hydrogens is 220 g/mol. The molecule has 0 radical (unpaired) electrons. The van der Waals surface area contributed by atoms with E-state index < -0.39 is 0 Å². The first-order valence-corrected chi connectivity index (χ1v) is 6.71. The number of fused-ring (bicyclic) bond motifs is 1. The highest BCUT2D eigenvalue weighted by atomic mass is 35.5. The second-order valence-corrected chi connectivity index (χ2v) is 6.14. The maximum atomic E-state index is 6.23. The quantitative estimate of drug-likeness (QED) is 0.741. The van der Waals surface area contributed by atoms with Gasteiger partial charge in [0.1, 0.15) is 0 Å². The lowest BCUT2D eigenvalue weighted by molar-refractivity contribution is 0.296. The Morgan fingerprint density at radius 1 is 1.50 bits per heavy atom. The number of hydrogen-bond acceptors (Lipinski definition) is 1. The van der Waals surface area contributed by atoms with Crippen LogP contribution in [0.4, 0.5) is 0 Å². The normalized spacial score (nSPS) is 36.4. The van der Waals surface area contributed by atoms with Crippen molar-refractivity contribution in [2.24, 2.45) is 24.3 Å². The van der Waals surface area contributed by atoms with Gasteiger partial charge in [0.05, 0.1) is 5.69 Å². The van der Waals surface area contributed by atoms with Gasteiger partial charge in [0.2, 0.25) is 0 Å². The Morgan fingerprint density at radius 3 is 2.69 bits per heavy atom. The van der Waals surface area contributed by atoms with E-state index in [-0.39, 0.29) is 0 Å². The van der Waals surface area contributed by atoms with E-state index >= 15 is 0 Å². The van der Waals surface area contributed by atoms with Crippen molar-refractivity contribution in [1.82, 2.24) is 9.78 Å². The summed E-state index contributed by atoms with van der Waals surface area (Å²) in [7, 11) is 2.04. The molecule has 1 aromatic heterocycles. The lowest BCUT2D eigenvalue weighted by atomic mass is 9.80. The van der Waals surface area contributed by atoms with Gasteiger partial charge in [-0.2, -0.15) is 5.10 Å². The number of aryl methyl sites for hydroxylation is 2. The smallest absolute Gasteiger partial charge is 0.0596 e. The van der Waals surface area contributed by atoms with Crippen molar-refractivity contribution in [2.45, 2.75) is 32.6 Å². The van der Waals surface area contributed by atoms with Gasteiger partial charge in [-0.1, -0.05) is 0 Å². The monoisotopic (exact) mass is 238 g/mol. The van der Waals surface area contributed by atoms with E-state index in [9.17, 15) is 0 Å². The minimum atomic E-state index is 0.370. The van der Waals surface area contributed by atoms with Crippen molar-refractivity contribution in [3.05, 3.63) is 17.5 Å². The van der Waals surface area contributed by atoms with E-state index in [2.05, 4.69) is 18.1 Å². The van der Waals surface area contributed by atoms with Gasteiger partial charge in [0, 0.05) is 18.6 Å². The Labute approximate surface area is 102 Å². The third-order valence-electron chi connectivity index (χ3n) is 4.40. The molecule has 2 aliphatic rings. The minimum Gasteiger partial charge on any atom is -0.272 e. The Hall–Kier alpha value is -0.500. The fourth-order valence-corrected chi connectivity index (χ4v) is 3.83. The Kier molecular flexibility index (Phi) is 2.32. The third-order valence-corrected chi connectivity index (χ3v) is 4.96.